The van der Waals surface area contributed by atoms with Gasteiger partial charge in [-0.05, 0) is 48.4 Å². The number of nitrogens with one attached hydrogen (secondary N) is 1. The first-order valence-electron chi connectivity index (χ1n) is 11.1. The maximum Gasteiger partial charge on any atom is 0.506 e. The second kappa shape index (κ2) is 11.4. The lowest BCUT2D eigenvalue weighted by atomic mass is 10.0. The van der Waals surface area contributed by atoms with E-state index in [1.54, 1.807) is 49.6 Å². The summed E-state index contributed by atoms with van der Waals surface area (Å²) in [6, 6.07) is 15.3. The molecule has 0 saturated carbocycles. The van der Waals surface area contributed by atoms with Crippen LogP contribution in [0.2, 0.25) is 10.0 Å². The second-order valence-corrected chi connectivity index (χ2v) is 8.71. The van der Waals surface area contributed by atoms with Gasteiger partial charge in [0.25, 0.3) is 5.91 Å². The zero-order chi connectivity index (χ0) is 25.7. The van der Waals surface area contributed by atoms with E-state index in [2.05, 4.69) is 5.32 Å². The molecule has 4 rings (SSSR count). The molecule has 1 aliphatic heterocycles. The lowest BCUT2D eigenvalue weighted by Crippen LogP contribution is -2.25. The first-order chi connectivity index (χ1) is 17.4. The van der Waals surface area contributed by atoms with Crippen LogP contribution in [0.4, 0.5) is 4.79 Å². The average Bonchev–Trinajstić information content (AvgIpc) is 2.85. The molecule has 188 valence electrons. The number of para-hydroxylation sites is 1. The zero-order valence-electron chi connectivity index (χ0n) is 19.3. The largest absolute Gasteiger partial charge is 0.506 e. The Morgan fingerprint density at radius 1 is 1.11 bits per heavy atom. The Bertz CT molecular complexity index is 1260. The number of carbonyl (C=O) groups is 2. The fraction of sp³-hybridized carbons (Fsp3) is 0.231. The molecule has 1 aliphatic rings. The molecule has 3 aromatic rings. The van der Waals surface area contributed by atoms with Crippen molar-refractivity contribution in [1.29, 1.82) is 0 Å². The van der Waals surface area contributed by atoms with E-state index in [-0.39, 0.29) is 10.9 Å². The van der Waals surface area contributed by atoms with Gasteiger partial charge in [-0.25, -0.2) is 4.79 Å². The van der Waals surface area contributed by atoms with E-state index in [1.807, 2.05) is 12.1 Å². The van der Waals surface area contributed by atoms with Gasteiger partial charge in [-0.1, -0.05) is 35.3 Å². The molecule has 1 heterocycles. The number of ether oxygens (including phenoxy) is 4. The van der Waals surface area contributed by atoms with Crippen LogP contribution in [0.3, 0.4) is 0 Å². The molecule has 1 unspecified atom stereocenters. The quantitative estimate of drug-likeness (QED) is 0.329. The highest BCUT2D eigenvalue weighted by Crippen LogP contribution is 2.42. The van der Waals surface area contributed by atoms with Crippen LogP contribution in [0.1, 0.15) is 34.0 Å². The minimum atomic E-state index is -1.36. The van der Waals surface area contributed by atoms with Crippen LogP contribution in [-0.4, -0.2) is 37.4 Å². The van der Waals surface area contributed by atoms with Crippen molar-refractivity contribution in [3.8, 4) is 23.0 Å². The molecule has 0 fully saturated rings. The number of carboxylic acid groups (broad SMARTS) is 1. The third-order valence-corrected chi connectivity index (χ3v) is 6.16. The van der Waals surface area contributed by atoms with Gasteiger partial charge in [0.05, 0.1) is 23.8 Å². The van der Waals surface area contributed by atoms with Crippen molar-refractivity contribution in [2.45, 2.75) is 18.9 Å². The molecule has 2 N–H and O–H groups in total. The van der Waals surface area contributed by atoms with Crippen LogP contribution in [-0.2, 0) is 11.2 Å². The third-order valence-electron chi connectivity index (χ3n) is 5.57. The van der Waals surface area contributed by atoms with Crippen molar-refractivity contribution >= 4 is 35.3 Å². The smallest absolute Gasteiger partial charge is 0.495 e. The van der Waals surface area contributed by atoms with E-state index in [0.717, 1.165) is 5.56 Å². The maximum absolute atomic E-state index is 12.5. The van der Waals surface area contributed by atoms with Crippen molar-refractivity contribution in [2.24, 2.45) is 0 Å². The lowest BCUT2D eigenvalue weighted by Gasteiger charge is -2.25. The van der Waals surface area contributed by atoms with E-state index >= 15 is 0 Å². The number of fused-ring (bicyclic) bond motifs is 1. The Morgan fingerprint density at radius 3 is 2.61 bits per heavy atom. The van der Waals surface area contributed by atoms with Gasteiger partial charge in [0, 0.05) is 30.2 Å². The molecule has 1 amide bonds. The summed E-state index contributed by atoms with van der Waals surface area (Å²) in [5.74, 6) is 1.61. The van der Waals surface area contributed by atoms with Crippen molar-refractivity contribution < 1.29 is 33.6 Å². The molecule has 0 bridgehead atoms. The number of benzene rings is 3. The highest BCUT2D eigenvalue weighted by molar-refractivity contribution is 6.32. The van der Waals surface area contributed by atoms with E-state index < -0.39 is 12.3 Å². The molecule has 0 saturated heterocycles. The maximum atomic E-state index is 12.5. The summed E-state index contributed by atoms with van der Waals surface area (Å²) in [6.07, 6.45) is -1.06. The number of carbonyl (C=O) groups excluding carboxylic acids is 1. The van der Waals surface area contributed by atoms with E-state index in [1.165, 1.54) is 0 Å². The van der Waals surface area contributed by atoms with Gasteiger partial charge >= 0.3 is 6.16 Å². The van der Waals surface area contributed by atoms with Crippen molar-refractivity contribution in [3.63, 3.8) is 0 Å². The number of hydrogen-bond acceptors (Lipinski definition) is 6. The Kier molecular flexibility index (Phi) is 8.07. The second-order valence-electron chi connectivity index (χ2n) is 7.89. The van der Waals surface area contributed by atoms with Crippen molar-refractivity contribution in [1.82, 2.24) is 5.32 Å². The van der Waals surface area contributed by atoms with Crippen LogP contribution in [0, 0.1) is 0 Å². The van der Waals surface area contributed by atoms with E-state index in [0.29, 0.717) is 65.1 Å². The normalized spacial score (nSPS) is 14.2. The summed E-state index contributed by atoms with van der Waals surface area (Å²) in [7, 11) is 1.56. The van der Waals surface area contributed by atoms with Gasteiger partial charge in [-0.15, -0.1) is 0 Å². The summed E-state index contributed by atoms with van der Waals surface area (Å²) in [6.45, 7) is 0.713. The highest BCUT2D eigenvalue weighted by atomic mass is 35.5. The zero-order valence-corrected chi connectivity index (χ0v) is 20.8. The highest BCUT2D eigenvalue weighted by Gasteiger charge is 2.27. The molecule has 8 nitrogen and oxygen atoms in total. The van der Waals surface area contributed by atoms with Crippen LogP contribution in [0.25, 0.3) is 0 Å². The van der Waals surface area contributed by atoms with Gasteiger partial charge in [0.1, 0.15) is 29.1 Å². The third kappa shape index (κ3) is 5.95. The summed E-state index contributed by atoms with van der Waals surface area (Å²) in [4.78, 5) is 23.5. The number of halogens is 2. The lowest BCUT2D eigenvalue weighted by molar-refractivity contribution is 0.0326. The molecule has 1 atom stereocenters. The fourth-order valence-corrected chi connectivity index (χ4v) is 4.36. The fourth-order valence-electron chi connectivity index (χ4n) is 3.87. The monoisotopic (exact) mass is 531 g/mol. The first-order valence-corrected chi connectivity index (χ1v) is 11.8. The Hall–Kier alpha value is -3.62. The molecule has 0 radical (unpaired) electrons. The van der Waals surface area contributed by atoms with Crippen molar-refractivity contribution in [2.75, 3.05) is 20.3 Å². The molecule has 10 heteroatoms. The average molecular weight is 532 g/mol. The van der Waals surface area contributed by atoms with Gasteiger partial charge < -0.3 is 29.4 Å². The number of methoxy groups -OCH3 is 1. The summed E-state index contributed by atoms with van der Waals surface area (Å²) in [5.41, 5.74) is 1.91. The SMILES string of the molecule is COc1c(Cl)cccc1CCNC(=O)c1ccc(Oc2cc3c(cc2Cl)C(OC(=O)O)CCO3)cc1. The van der Waals surface area contributed by atoms with Crippen LogP contribution in [0.15, 0.2) is 54.6 Å². The van der Waals surface area contributed by atoms with Gasteiger partial charge in [-0.3, -0.25) is 4.79 Å². The Morgan fingerprint density at radius 2 is 1.89 bits per heavy atom. The Labute approximate surface area is 217 Å². The minimum absolute atomic E-state index is 0.229. The minimum Gasteiger partial charge on any atom is -0.495 e. The Balaban J connectivity index is 1.38. The predicted octanol–water partition coefficient (Wildman–Crippen LogP) is 6.29. The molecule has 36 heavy (non-hydrogen) atoms. The van der Waals surface area contributed by atoms with E-state index in [9.17, 15) is 9.59 Å². The predicted molar refractivity (Wildman–Crippen MR) is 134 cm³/mol. The van der Waals surface area contributed by atoms with Crippen molar-refractivity contribution in [3.05, 3.63) is 81.3 Å². The van der Waals surface area contributed by atoms with Gasteiger partial charge in [-0.2, -0.15) is 0 Å². The molecule has 3 aromatic carbocycles. The molecular formula is C26H23Cl2NO7. The van der Waals surface area contributed by atoms with Crippen LogP contribution < -0.4 is 19.5 Å². The number of rotatable bonds is 8. The molecular weight excluding hydrogens is 509 g/mol. The van der Waals surface area contributed by atoms with Gasteiger partial charge in [0.15, 0.2) is 0 Å². The standard InChI is InChI=1S/C26H23Cl2NO7/c1-33-24-15(3-2-4-19(24)27)9-11-29-25(30)16-5-7-17(8-6-16)35-23-14-22-18(13-20(23)28)21(10-12-34-22)36-26(31)32/h2-8,13-14,21H,9-12H2,1H3,(H,29,30)(H,31,32). The molecule has 0 aliphatic carbocycles. The van der Waals surface area contributed by atoms with Crippen LogP contribution >= 0.6 is 23.2 Å². The topological polar surface area (TPSA) is 103 Å². The molecule has 0 spiro atoms. The summed E-state index contributed by atoms with van der Waals surface area (Å²) < 4.78 is 21.8. The van der Waals surface area contributed by atoms with Crippen LogP contribution in [0.5, 0.6) is 23.0 Å². The van der Waals surface area contributed by atoms with E-state index in [4.69, 9.17) is 47.3 Å². The number of hydrogen-bond donors (Lipinski definition) is 2. The summed E-state index contributed by atoms with van der Waals surface area (Å²) in [5, 5.41) is 12.6. The summed E-state index contributed by atoms with van der Waals surface area (Å²) >= 11 is 12.5. The number of amides is 1. The first kappa shape index (κ1) is 25.5. The molecule has 0 aromatic heterocycles. The van der Waals surface area contributed by atoms with Gasteiger partial charge in [0.2, 0.25) is 0 Å².